The average molecular weight is 1270 g/mol. The van der Waals surface area contributed by atoms with Crippen LogP contribution < -0.4 is 18.9 Å². The standard InChI is InChI=1S/C90H64O8/c1-4-12-74-53(9-1)25-36-78-77-15-7-8-16-81(77)89(84(74)78,64-28-17-60-43-68(32-21-56(60)39-64)91-47-72-49-93-72)65-29-18-61-45-70(34-23-57(61)40-65)95-51-82-87(97-82)88-83(98-88)52-96-71-35-24-59-42-67(31-20-63(59)46-71)90(66-30-19-62-44-69(33-22-58(62)41-66)92-48-73-50-94-73)85-75-13-5-2-10-54(75)26-37-79(85)80-38-27-55-11-3-6-14-76(55)86(80)90/h1-46,72-73,82-83,87-88H,47-52H2. The topological polar surface area (TPSA) is 87.0 Å². The summed E-state index contributed by atoms with van der Waals surface area (Å²) in [7, 11) is 0. The Labute approximate surface area is 566 Å². The lowest BCUT2D eigenvalue weighted by molar-refractivity contribution is 0.250. The van der Waals surface area contributed by atoms with E-state index in [1.54, 1.807) is 0 Å². The van der Waals surface area contributed by atoms with Crippen molar-refractivity contribution in [2.45, 2.75) is 47.5 Å². The molecule has 0 N–H and O–H groups in total. The lowest BCUT2D eigenvalue weighted by Gasteiger charge is -2.36. The number of ether oxygens (including phenoxy) is 8. The third-order valence-corrected chi connectivity index (χ3v) is 21.9. The van der Waals surface area contributed by atoms with E-state index in [-0.39, 0.29) is 36.6 Å². The van der Waals surface area contributed by atoms with E-state index in [9.17, 15) is 0 Å². The Kier molecular flexibility index (Phi) is 12.6. The van der Waals surface area contributed by atoms with Crippen LogP contribution >= 0.6 is 0 Å². The molecule has 7 unspecified atom stereocenters. The van der Waals surface area contributed by atoms with E-state index in [0.717, 1.165) is 79.3 Å². The molecule has 472 valence electrons. The maximum atomic E-state index is 6.57. The van der Waals surface area contributed by atoms with Crippen molar-refractivity contribution in [3.63, 3.8) is 0 Å². The van der Waals surface area contributed by atoms with E-state index in [0.29, 0.717) is 26.4 Å². The number of fused-ring (bicyclic) bond motifs is 16. The predicted octanol–water partition coefficient (Wildman–Crippen LogP) is 19.0. The summed E-state index contributed by atoms with van der Waals surface area (Å²) in [6.45, 7) is 3.53. The second-order valence-electron chi connectivity index (χ2n) is 27.5. The van der Waals surface area contributed by atoms with Gasteiger partial charge in [0.25, 0.3) is 0 Å². The lowest BCUT2D eigenvalue weighted by atomic mass is 9.65. The van der Waals surface area contributed by atoms with E-state index in [2.05, 4.69) is 279 Å². The molecule has 21 rings (SSSR count). The number of benzene rings is 15. The van der Waals surface area contributed by atoms with Gasteiger partial charge in [0, 0.05) is 0 Å². The second-order valence-corrected chi connectivity index (χ2v) is 27.5. The predicted molar refractivity (Wildman–Crippen MR) is 389 cm³/mol. The molecular weight excluding hydrogens is 1210 g/mol. The minimum Gasteiger partial charge on any atom is -0.491 e. The van der Waals surface area contributed by atoms with Crippen molar-refractivity contribution < 1.29 is 37.9 Å². The van der Waals surface area contributed by atoms with Crippen molar-refractivity contribution in [3.8, 4) is 45.3 Å². The summed E-state index contributed by atoms with van der Waals surface area (Å²) < 4.78 is 48.8. The van der Waals surface area contributed by atoms with Gasteiger partial charge in [0.05, 0.1) is 24.0 Å². The summed E-state index contributed by atoms with van der Waals surface area (Å²) >= 11 is 0. The molecule has 4 heterocycles. The fraction of sp³-hybridized carbons (Fsp3) is 0.156. The SMILES string of the molecule is c1ccc2c(c1)-c1ccc3ccccc3c1C2(c1ccc2cc(OCC3CO3)ccc2c1)c1ccc2cc(OCC3OC3C3OC3COc3ccc4cc(C5(c6ccc7cc(OCC8CO8)ccc7c6)c6c(ccc7ccccc67)-c6ccc7ccccc7c65)ccc4c3)ccc2c1. The Hall–Kier alpha value is -10.8. The molecule has 15 aromatic rings. The summed E-state index contributed by atoms with van der Waals surface area (Å²) in [5.74, 6) is 3.33. The Morgan fingerprint density at radius 2 is 0.582 bits per heavy atom. The van der Waals surface area contributed by atoms with Crippen molar-refractivity contribution in [3.05, 3.63) is 324 Å². The maximum Gasteiger partial charge on any atom is 0.121 e. The number of hydrogen-bond acceptors (Lipinski definition) is 8. The summed E-state index contributed by atoms with van der Waals surface area (Å²) in [5, 5.41) is 16.5. The number of hydrogen-bond donors (Lipinski definition) is 0. The molecule has 15 aromatic carbocycles. The van der Waals surface area contributed by atoms with Crippen LogP contribution in [0, 0.1) is 0 Å². The largest absolute Gasteiger partial charge is 0.491 e. The van der Waals surface area contributed by atoms with Gasteiger partial charge in [-0.1, -0.05) is 206 Å². The summed E-state index contributed by atoms with van der Waals surface area (Å²) in [6, 6.07) is 103. The van der Waals surface area contributed by atoms with Crippen LogP contribution in [0.3, 0.4) is 0 Å². The van der Waals surface area contributed by atoms with Crippen molar-refractivity contribution in [1.82, 2.24) is 0 Å². The van der Waals surface area contributed by atoms with Crippen molar-refractivity contribution in [1.29, 1.82) is 0 Å². The molecule has 0 saturated carbocycles. The molecule has 4 fully saturated rings. The quantitative estimate of drug-likeness (QED) is 0.0834. The van der Waals surface area contributed by atoms with Crippen LogP contribution in [0.4, 0.5) is 0 Å². The molecule has 0 amide bonds. The van der Waals surface area contributed by atoms with Gasteiger partial charge >= 0.3 is 0 Å². The number of rotatable bonds is 17. The zero-order valence-corrected chi connectivity index (χ0v) is 53.5. The molecule has 0 aromatic heterocycles. The van der Waals surface area contributed by atoms with Crippen molar-refractivity contribution >= 4 is 75.4 Å². The van der Waals surface area contributed by atoms with Crippen molar-refractivity contribution in [2.24, 2.45) is 0 Å². The lowest BCUT2D eigenvalue weighted by Crippen LogP contribution is -2.29. The van der Waals surface area contributed by atoms with Crippen LogP contribution in [-0.2, 0) is 29.8 Å². The normalized spacial score (nSPS) is 21.1. The molecule has 4 saturated heterocycles. The van der Waals surface area contributed by atoms with Crippen LogP contribution in [0.1, 0.15) is 44.5 Å². The first-order valence-corrected chi connectivity index (χ1v) is 34.4. The highest BCUT2D eigenvalue weighted by molar-refractivity contribution is 6.08. The Balaban J connectivity index is 0.537. The molecule has 0 spiro atoms. The van der Waals surface area contributed by atoms with Gasteiger partial charge in [-0.15, -0.1) is 0 Å². The molecule has 4 aliphatic heterocycles. The number of epoxide rings is 4. The Bertz CT molecular complexity index is 5740. The van der Waals surface area contributed by atoms with Crippen LogP contribution in [0.5, 0.6) is 23.0 Å². The monoisotopic (exact) mass is 1270 g/mol. The third-order valence-electron chi connectivity index (χ3n) is 21.9. The Morgan fingerprint density at radius 1 is 0.276 bits per heavy atom. The van der Waals surface area contributed by atoms with Crippen LogP contribution in [-0.4, -0.2) is 76.3 Å². The summed E-state index contributed by atoms with van der Waals surface area (Å²) in [5.41, 5.74) is 13.8. The van der Waals surface area contributed by atoms with Gasteiger partial charge < -0.3 is 37.9 Å². The summed E-state index contributed by atoms with van der Waals surface area (Å²) in [6.07, 6.45) is 0.143. The molecule has 7 atom stereocenters. The molecule has 2 aliphatic carbocycles. The van der Waals surface area contributed by atoms with Gasteiger partial charge in [-0.25, -0.2) is 0 Å². The highest BCUT2D eigenvalue weighted by Crippen LogP contribution is 2.62. The fourth-order valence-corrected chi connectivity index (χ4v) is 16.9. The average Bonchev–Trinajstić information content (AvgIpc) is 1.51. The second kappa shape index (κ2) is 21.8. The highest BCUT2D eigenvalue weighted by Gasteiger charge is 2.58. The van der Waals surface area contributed by atoms with Crippen molar-refractivity contribution in [2.75, 3.05) is 39.6 Å². The summed E-state index contributed by atoms with van der Waals surface area (Å²) in [4.78, 5) is 0. The molecule has 8 heteroatoms. The van der Waals surface area contributed by atoms with Gasteiger partial charge in [0.1, 0.15) is 86.0 Å². The highest BCUT2D eigenvalue weighted by atomic mass is 16.7. The van der Waals surface area contributed by atoms with Gasteiger partial charge in [-0.2, -0.15) is 0 Å². The van der Waals surface area contributed by atoms with Crippen LogP contribution in [0.15, 0.2) is 279 Å². The van der Waals surface area contributed by atoms with Gasteiger partial charge in [-0.3, -0.25) is 0 Å². The molecule has 98 heavy (non-hydrogen) atoms. The first kappa shape index (κ1) is 56.3. The zero-order valence-electron chi connectivity index (χ0n) is 53.5. The first-order valence-electron chi connectivity index (χ1n) is 34.4. The van der Waals surface area contributed by atoms with Crippen LogP contribution in [0.2, 0.25) is 0 Å². The molecule has 0 bridgehead atoms. The zero-order chi connectivity index (χ0) is 64.2. The molecule has 8 nitrogen and oxygen atoms in total. The van der Waals surface area contributed by atoms with E-state index in [1.165, 1.54) is 99.1 Å². The maximum absolute atomic E-state index is 6.57. The fourth-order valence-electron chi connectivity index (χ4n) is 16.9. The Morgan fingerprint density at radius 3 is 0.980 bits per heavy atom. The van der Waals surface area contributed by atoms with E-state index < -0.39 is 10.8 Å². The molecule has 6 aliphatic rings. The van der Waals surface area contributed by atoms with Gasteiger partial charge in [0.2, 0.25) is 0 Å². The smallest absolute Gasteiger partial charge is 0.121 e. The first-order chi connectivity index (χ1) is 48.5. The van der Waals surface area contributed by atoms with E-state index in [4.69, 9.17) is 37.9 Å². The van der Waals surface area contributed by atoms with E-state index in [1.807, 2.05) is 0 Å². The van der Waals surface area contributed by atoms with Gasteiger partial charge in [0.15, 0.2) is 0 Å². The third kappa shape index (κ3) is 9.05. The molecular formula is C90H64O8. The van der Waals surface area contributed by atoms with E-state index >= 15 is 0 Å². The van der Waals surface area contributed by atoms with Gasteiger partial charge in [-0.05, 0) is 215 Å². The van der Waals surface area contributed by atoms with Crippen LogP contribution in [0.25, 0.3) is 97.7 Å². The minimum atomic E-state index is -0.679. The molecule has 0 radical (unpaired) electrons. The minimum absolute atomic E-state index is 0.0482.